The molecule has 0 radical (unpaired) electrons. The van der Waals surface area contributed by atoms with Gasteiger partial charge in [0.25, 0.3) is 11.7 Å². The molecule has 0 spiro atoms. The van der Waals surface area contributed by atoms with Crippen LogP contribution in [0.25, 0.3) is 5.78 Å². The molecule has 3 aromatic rings. The molecule has 4 fully saturated rings. The Morgan fingerprint density at radius 3 is 2.51 bits per heavy atom. The van der Waals surface area contributed by atoms with Crippen molar-refractivity contribution in [1.82, 2.24) is 40.5 Å². The van der Waals surface area contributed by atoms with Gasteiger partial charge < -0.3 is 15.4 Å². The molecular formula is C28H33F3N8O4. The van der Waals surface area contributed by atoms with Crippen molar-refractivity contribution in [3.05, 3.63) is 34.2 Å². The zero-order valence-corrected chi connectivity index (χ0v) is 23.7. The Bertz CT molecular complexity index is 1540. The maximum absolute atomic E-state index is 13.6. The van der Waals surface area contributed by atoms with Crippen molar-refractivity contribution in [3.63, 3.8) is 0 Å². The quantitative estimate of drug-likeness (QED) is 0.416. The van der Waals surface area contributed by atoms with Crippen LogP contribution in [0.4, 0.5) is 13.2 Å². The Morgan fingerprint density at radius 2 is 1.81 bits per heavy atom. The van der Waals surface area contributed by atoms with Crippen LogP contribution in [0.15, 0.2) is 4.63 Å². The van der Waals surface area contributed by atoms with Crippen LogP contribution >= 0.6 is 0 Å². The van der Waals surface area contributed by atoms with Crippen molar-refractivity contribution in [2.45, 2.75) is 76.4 Å². The van der Waals surface area contributed by atoms with E-state index in [1.807, 2.05) is 0 Å². The first-order chi connectivity index (χ1) is 20.7. The van der Waals surface area contributed by atoms with Gasteiger partial charge in [-0.05, 0) is 62.4 Å². The van der Waals surface area contributed by atoms with Crippen molar-refractivity contribution in [3.8, 4) is 0 Å². The number of aryl methyl sites for hydroxylation is 1. The molecule has 230 valence electrons. The Hall–Kier alpha value is -3.62. The second-order valence-electron chi connectivity index (χ2n) is 12.4. The number of nitrogens with zero attached hydrogens (tertiary/aromatic N) is 6. The largest absolute Gasteiger partial charge is 0.393 e. The lowest BCUT2D eigenvalue weighted by Gasteiger charge is -2.31. The van der Waals surface area contributed by atoms with Crippen molar-refractivity contribution in [2.75, 3.05) is 19.8 Å². The number of fused-ring (bicyclic) bond motifs is 2. The van der Waals surface area contributed by atoms with E-state index in [0.717, 1.165) is 18.5 Å². The molecule has 43 heavy (non-hydrogen) atoms. The molecule has 3 aromatic heterocycles. The zero-order valence-electron chi connectivity index (χ0n) is 23.7. The van der Waals surface area contributed by atoms with E-state index in [9.17, 15) is 22.8 Å². The van der Waals surface area contributed by atoms with Crippen LogP contribution in [-0.2, 0) is 22.5 Å². The van der Waals surface area contributed by atoms with E-state index in [1.54, 1.807) is 11.4 Å². The molecule has 12 nitrogen and oxygen atoms in total. The Morgan fingerprint density at radius 1 is 1.05 bits per heavy atom. The fourth-order valence-electron chi connectivity index (χ4n) is 7.14. The van der Waals surface area contributed by atoms with Gasteiger partial charge in [-0.25, -0.2) is 19.1 Å². The third-order valence-corrected chi connectivity index (χ3v) is 9.57. The predicted octanol–water partition coefficient (Wildman–Crippen LogP) is 3.01. The molecule has 2 saturated heterocycles. The summed E-state index contributed by atoms with van der Waals surface area (Å²) >= 11 is 0. The number of imidazole rings is 1. The van der Waals surface area contributed by atoms with Gasteiger partial charge in [0.1, 0.15) is 5.69 Å². The minimum Gasteiger partial charge on any atom is -0.381 e. The number of halogens is 3. The van der Waals surface area contributed by atoms with Crippen LogP contribution in [0.1, 0.15) is 89.3 Å². The number of rotatable bonds is 7. The molecule has 2 N–H and O–H groups in total. The molecule has 7 rings (SSSR count). The SMILES string of the molecule is Cc1nonc1C(=O)NCc1nc2nc(C3CCOCC3)c(C[C@H]3C[C@@H](C(F)(F)F)CNC3=O)nn2c1C1C[C@@H]2C[C@H]2C1. The first-order valence-electron chi connectivity index (χ1n) is 14.9. The van der Waals surface area contributed by atoms with Crippen LogP contribution in [0, 0.1) is 30.6 Å². The van der Waals surface area contributed by atoms with Gasteiger partial charge in [0.15, 0.2) is 5.69 Å². The molecule has 2 amide bonds. The van der Waals surface area contributed by atoms with Crippen LogP contribution in [0.5, 0.6) is 0 Å². The first kappa shape index (κ1) is 28.2. The number of hydrogen-bond donors (Lipinski definition) is 2. The lowest BCUT2D eigenvalue weighted by atomic mass is 9.84. The van der Waals surface area contributed by atoms with E-state index in [0.29, 0.717) is 66.4 Å². The minimum absolute atomic E-state index is 0.0172. The van der Waals surface area contributed by atoms with E-state index in [1.165, 1.54) is 6.42 Å². The maximum atomic E-state index is 13.6. The smallest absolute Gasteiger partial charge is 0.381 e. The van der Waals surface area contributed by atoms with Gasteiger partial charge >= 0.3 is 6.18 Å². The van der Waals surface area contributed by atoms with Gasteiger partial charge in [-0.3, -0.25) is 9.59 Å². The van der Waals surface area contributed by atoms with E-state index >= 15 is 0 Å². The van der Waals surface area contributed by atoms with Crippen molar-refractivity contribution in [2.24, 2.45) is 23.7 Å². The maximum Gasteiger partial charge on any atom is 0.393 e. The average molecular weight is 603 g/mol. The summed E-state index contributed by atoms with van der Waals surface area (Å²) in [5, 5.41) is 17.7. The lowest BCUT2D eigenvalue weighted by Crippen LogP contribution is -2.47. The fraction of sp³-hybridized carbons (Fsp3) is 0.679. The third kappa shape index (κ3) is 5.47. The summed E-state index contributed by atoms with van der Waals surface area (Å²) in [6.45, 7) is 2.40. The summed E-state index contributed by atoms with van der Waals surface area (Å²) in [5.41, 5.74) is 3.13. The second-order valence-corrected chi connectivity index (χ2v) is 12.4. The number of nitrogens with one attached hydrogen (secondary N) is 2. The van der Waals surface area contributed by atoms with Crippen LogP contribution in [0.3, 0.4) is 0 Å². The molecule has 0 bridgehead atoms. The number of carbonyl (C=O) groups excluding carboxylic acids is 2. The molecule has 0 unspecified atom stereocenters. The summed E-state index contributed by atoms with van der Waals surface area (Å²) in [7, 11) is 0. The highest BCUT2D eigenvalue weighted by molar-refractivity contribution is 5.92. The highest BCUT2D eigenvalue weighted by Crippen LogP contribution is 2.57. The molecule has 15 heteroatoms. The standard InChI is InChI=1S/C28H33F3N8O4/c1-13-22(38-43-37-13)26(41)33-12-21-24(17-7-15-6-16(15)8-17)39-27(34-21)35-23(14-2-4-42-5-3-14)20(36-39)10-18-9-19(28(29,30)31)11-32-25(18)40/h14-19H,2-12H2,1H3,(H,32,40)(H,33,41)/t15-,16-,18+,19+/m0/s1. The summed E-state index contributed by atoms with van der Waals surface area (Å²) in [6, 6.07) is 0. The summed E-state index contributed by atoms with van der Waals surface area (Å²) < 4.78 is 52.8. The number of hydrogen-bond acceptors (Lipinski definition) is 9. The highest BCUT2D eigenvalue weighted by atomic mass is 19.4. The fourth-order valence-corrected chi connectivity index (χ4v) is 7.14. The lowest BCUT2D eigenvalue weighted by molar-refractivity contribution is -0.183. The summed E-state index contributed by atoms with van der Waals surface area (Å²) in [5.74, 6) is -1.50. The average Bonchev–Trinajstić information content (AvgIpc) is 3.28. The summed E-state index contributed by atoms with van der Waals surface area (Å²) in [6.07, 6.45) is -0.108. The van der Waals surface area contributed by atoms with Crippen LogP contribution < -0.4 is 10.6 Å². The molecular weight excluding hydrogens is 569 g/mol. The van der Waals surface area contributed by atoms with Gasteiger partial charge in [0.2, 0.25) is 5.91 Å². The summed E-state index contributed by atoms with van der Waals surface area (Å²) in [4.78, 5) is 35.4. The van der Waals surface area contributed by atoms with Crippen molar-refractivity contribution >= 4 is 17.6 Å². The topological polar surface area (TPSA) is 149 Å². The molecule has 5 heterocycles. The van der Waals surface area contributed by atoms with Gasteiger partial charge in [0, 0.05) is 43.9 Å². The minimum atomic E-state index is -4.40. The number of ether oxygens (including phenoxy) is 1. The van der Waals surface area contributed by atoms with Crippen molar-refractivity contribution in [1.29, 1.82) is 0 Å². The predicted molar refractivity (Wildman–Crippen MR) is 142 cm³/mol. The molecule has 2 saturated carbocycles. The van der Waals surface area contributed by atoms with E-state index in [4.69, 9.17) is 19.8 Å². The Kier molecular flexibility index (Phi) is 7.09. The second kappa shape index (κ2) is 10.8. The molecule has 2 aliphatic carbocycles. The zero-order chi connectivity index (χ0) is 29.9. The molecule has 4 aliphatic rings. The molecule has 4 atom stereocenters. The highest BCUT2D eigenvalue weighted by Gasteiger charge is 2.48. The van der Waals surface area contributed by atoms with Crippen LogP contribution in [-0.4, -0.2) is 67.6 Å². The number of aromatic nitrogens is 6. The van der Waals surface area contributed by atoms with Gasteiger partial charge in [-0.15, -0.1) is 0 Å². The third-order valence-electron chi connectivity index (χ3n) is 9.57. The van der Waals surface area contributed by atoms with E-state index in [-0.39, 0.29) is 36.9 Å². The van der Waals surface area contributed by atoms with Gasteiger partial charge in [-0.1, -0.05) is 5.16 Å². The number of carbonyl (C=O) groups is 2. The monoisotopic (exact) mass is 602 g/mol. The Balaban J connectivity index is 1.26. The van der Waals surface area contributed by atoms with Gasteiger partial charge in [0.05, 0.1) is 35.2 Å². The number of alkyl halides is 3. The molecule has 2 aliphatic heterocycles. The normalized spacial score (nSPS) is 26.5. The molecule has 0 aromatic carbocycles. The number of amides is 2. The van der Waals surface area contributed by atoms with E-state index in [2.05, 4.69) is 25.6 Å². The van der Waals surface area contributed by atoms with Crippen LogP contribution in [0.2, 0.25) is 0 Å². The Labute approximate surface area is 244 Å². The first-order valence-corrected chi connectivity index (χ1v) is 14.9. The van der Waals surface area contributed by atoms with Crippen molar-refractivity contribution < 1.29 is 32.1 Å². The van der Waals surface area contributed by atoms with E-state index < -0.39 is 36.4 Å². The van der Waals surface area contributed by atoms with Gasteiger partial charge in [-0.2, -0.15) is 18.3 Å². The number of piperidine rings is 1.